The Morgan fingerprint density at radius 3 is 2.61 bits per heavy atom. The normalized spacial score (nSPS) is 12.0. The summed E-state index contributed by atoms with van der Waals surface area (Å²) >= 11 is 0. The highest BCUT2D eigenvalue weighted by Gasteiger charge is 2.18. The van der Waals surface area contributed by atoms with Crippen molar-refractivity contribution in [3.8, 4) is 0 Å². The van der Waals surface area contributed by atoms with Crippen molar-refractivity contribution in [3.63, 3.8) is 0 Å². The molecule has 1 aromatic heterocycles. The lowest BCUT2D eigenvalue weighted by Gasteiger charge is -2.06. The SMILES string of the molecule is Cc1ccc(CS(=O)(=O)c2ccc3c(c2)oc(=O)n3C)cc1F. The van der Waals surface area contributed by atoms with E-state index in [1.807, 2.05) is 0 Å². The van der Waals surface area contributed by atoms with E-state index < -0.39 is 21.4 Å². The first kappa shape index (κ1) is 15.5. The Balaban J connectivity index is 2.01. The van der Waals surface area contributed by atoms with E-state index >= 15 is 0 Å². The van der Waals surface area contributed by atoms with Crippen LogP contribution in [0.1, 0.15) is 11.1 Å². The average molecular weight is 335 g/mol. The Bertz CT molecular complexity index is 1060. The van der Waals surface area contributed by atoms with Crippen molar-refractivity contribution in [2.75, 3.05) is 0 Å². The fraction of sp³-hybridized carbons (Fsp3) is 0.188. The number of aryl methyl sites for hydroxylation is 2. The predicted octanol–water partition coefficient (Wildman–Crippen LogP) is 2.55. The van der Waals surface area contributed by atoms with Crippen molar-refractivity contribution in [2.24, 2.45) is 7.05 Å². The lowest BCUT2D eigenvalue weighted by Crippen LogP contribution is -2.08. The number of hydrogen-bond acceptors (Lipinski definition) is 4. The molecule has 0 fully saturated rings. The molecule has 0 N–H and O–H groups in total. The maximum atomic E-state index is 13.6. The van der Waals surface area contributed by atoms with E-state index in [4.69, 9.17) is 4.42 Å². The number of fused-ring (bicyclic) bond motifs is 1. The molecule has 0 radical (unpaired) electrons. The summed E-state index contributed by atoms with van der Waals surface area (Å²) in [5.41, 5.74) is 1.53. The van der Waals surface area contributed by atoms with Gasteiger partial charge in [0.2, 0.25) is 0 Å². The number of halogens is 1. The molecule has 0 aliphatic heterocycles. The number of aromatic nitrogens is 1. The second-order valence-corrected chi connectivity index (χ2v) is 7.39. The molecule has 120 valence electrons. The third kappa shape index (κ3) is 2.79. The maximum Gasteiger partial charge on any atom is 0.419 e. The van der Waals surface area contributed by atoms with Gasteiger partial charge in [-0.05, 0) is 36.2 Å². The fourth-order valence-electron chi connectivity index (χ4n) is 2.34. The Labute approximate surface area is 131 Å². The standard InChI is InChI=1S/C16H14FNO4S/c1-10-3-4-11(7-13(10)17)9-23(20,21)12-5-6-14-15(8-12)22-16(19)18(14)2/h3-8H,9H2,1-2H3. The van der Waals surface area contributed by atoms with Crippen molar-refractivity contribution >= 4 is 20.9 Å². The monoisotopic (exact) mass is 335 g/mol. The molecule has 0 unspecified atom stereocenters. The van der Waals surface area contributed by atoms with Crippen molar-refractivity contribution in [1.82, 2.24) is 4.57 Å². The van der Waals surface area contributed by atoms with Crippen molar-refractivity contribution in [2.45, 2.75) is 17.6 Å². The molecule has 5 nitrogen and oxygen atoms in total. The molecule has 0 aliphatic rings. The molecule has 3 rings (SSSR count). The molecule has 3 aromatic rings. The third-order valence-corrected chi connectivity index (χ3v) is 5.40. The highest BCUT2D eigenvalue weighted by atomic mass is 32.2. The van der Waals surface area contributed by atoms with Crippen LogP contribution in [0.2, 0.25) is 0 Å². The molecule has 0 amide bonds. The van der Waals surface area contributed by atoms with Crippen LogP contribution in [0.15, 0.2) is 50.5 Å². The van der Waals surface area contributed by atoms with Gasteiger partial charge in [-0.2, -0.15) is 0 Å². The summed E-state index contributed by atoms with van der Waals surface area (Å²) in [6.45, 7) is 1.61. The van der Waals surface area contributed by atoms with Gasteiger partial charge in [-0.3, -0.25) is 4.57 Å². The van der Waals surface area contributed by atoms with Crippen LogP contribution in [-0.4, -0.2) is 13.0 Å². The first-order valence-corrected chi connectivity index (χ1v) is 8.50. The zero-order valence-corrected chi connectivity index (χ0v) is 13.4. The van der Waals surface area contributed by atoms with Crippen LogP contribution in [-0.2, 0) is 22.6 Å². The van der Waals surface area contributed by atoms with Gasteiger partial charge in [0, 0.05) is 13.1 Å². The van der Waals surface area contributed by atoms with Crippen LogP contribution in [0.4, 0.5) is 4.39 Å². The van der Waals surface area contributed by atoms with Crippen LogP contribution in [0.25, 0.3) is 11.1 Å². The highest BCUT2D eigenvalue weighted by molar-refractivity contribution is 7.90. The van der Waals surface area contributed by atoms with Gasteiger partial charge in [0.1, 0.15) is 5.82 Å². The van der Waals surface area contributed by atoms with E-state index in [-0.39, 0.29) is 16.2 Å². The number of nitrogens with zero attached hydrogens (tertiary/aromatic N) is 1. The summed E-state index contributed by atoms with van der Waals surface area (Å²) in [6.07, 6.45) is 0. The lowest BCUT2D eigenvalue weighted by atomic mass is 10.2. The van der Waals surface area contributed by atoms with Crippen molar-refractivity contribution < 1.29 is 17.2 Å². The summed E-state index contributed by atoms with van der Waals surface area (Å²) in [4.78, 5) is 11.5. The molecular weight excluding hydrogens is 321 g/mol. The van der Waals surface area contributed by atoms with Crippen molar-refractivity contribution in [3.05, 3.63) is 63.9 Å². The van der Waals surface area contributed by atoms with Crippen LogP contribution >= 0.6 is 0 Å². The van der Waals surface area contributed by atoms with Gasteiger partial charge < -0.3 is 4.42 Å². The zero-order chi connectivity index (χ0) is 16.8. The molecule has 1 heterocycles. The molecular formula is C16H14FNO4S. The Kier molecular flexibility index (Phi) is 3.60. The predicted molar refractivity (Wildman–Crippen MR) is 83.5 cm³/mol. The van der Waals surface area contributed by atoms with Gasteiger partial charge in [-0.15, -0.1) is 0 Å². The summed E-state index contributed by atoms with van der Waals surface area (Å²) in [7, 11) is -2.14. The Morgan fingerprint density at radius 1 is 1.17 bits per heavy atom. The summed E-state index contributed by atoms with van der Waals surface area (Å²) in [6, 6.07) is 8.58. The van der Waals surface area contributed by atoms with Gasteiger partial charge in [0.15, 0.2) is 15.4 Å². The van der Waals surface area contributed by atoms with Crippen LogP contribution in [0.5, 0.6) is 0 Å². The number of sulfone groups is 1. The zero-order valence-electron chi connectivity index (χ0n) is 12.5. The second-order valence-electron chi connectivity index (χ2n) is 5.40. The smallest absolute Gasteiger partial charge is 0.408 e. The quantitative estimate of drug-likeness (QED) is 0.737. The van der Waals surface area contributed by atoms with E-state index in [2.05, 4.69) is 0 Å². The summed E-state index contributed by atoms with van der Waals surface area (Å²) in [5, 5.41) is 0. The van der Waals surface area contributed by atoms with Gasteiger partial charge >= 0.3 is 5.76 Å². The van der Waals surface area contributed by atoms with E-state index in [1.54, 1.807) is 19.1 Å². The molecule has 0 aliphatic carbocycles. The number of benzene rings is 2. The van der Waals surface area contributed by atoms with E-state index in [0.29, 0.717) is 16.6 Å². The molecule has 0 saturated heterocycles. The van der Waals surface area contributed by atoms with Gasteiger partial charge in [-0.25, -0.2) is 17.6 Å². The van der Waals surface area contributed by atoms with Gasteiger partial charge in [-0.1, -0.05) is 12.1 Å². The van der Waals surface area contributed by atoms with Gasteiger partial charge in [0.25, 0.3) is 0 Å². The molecule has 0 atom stereocenters. The third-order valence-electron chi connectivity index (χ3n) is 3.72. The number of oxazole rings is 1. The first-order valence-electron chi connectivity index (χ1n) is 6.85. The molecule has 2 aromatic carbocycles. The topological polar surface area (TPSA) is 69.3 Å². The lowest BCUT2D eigenvalue weighted by molar-refractivity contribution is 0.527. The van der Waals surface area contributed by atoms with Crippen molar-refractivity contribution in [1.29, 1.82) is 0 Å². The minimum atomic E-state index is -3.68. The first-order chi connectivity index (χ1) is 10.8. The maximum absolute atomic E-state index is 13.6. The molecule has 0 spiro atoms. The van der Waals surface area contributed by atoms with Gasteiger partial charge in [0.05, 0.1) is 16.2 Å². The number of rotatable bonds is 3. The number of hydrogen-bond donors (Lipinski definition) is 0. The summed E-state index contributed by atoms with van der Waals surface area (Å²) < 4.78 is 44.8. The fourth-order valence-corrected chi connectivity index (χ4v) is 3.68. The average Bonchev–Trinajstić information content (AvgIpc) is 2.77. The largest absolute Gasteiger partial charge is 0.419 e. The minimum absolute atomic E-state index is 0.0281. The molecule has 7 heteroatoms. The van der Waals surface area contributed by atoms with E-state index in [1.165, 1.54) is 35.9 Å². The molecule has 0 bridgehead atoms. The Hall–Kier alpha value is -2.41. The minimum Gasteiger partial charge on any atom is -0.408 e. The van der Waals surface area contributed by atoms with E-state index in [0.717, 1.165) is 0 Å². The van der Waals surface area contributed by atoms with Crippen LogP contribution < -0.4 is 5.76 Å². The Morgan fingerprint density at radius 2 is 1.91 bits per heavy atom. The van der Waals surface area contributed by atoms with Crippen LogP contribution in [0.3, 0.4) is 0 Å². The summed E-state index contributed by atoms with van der Waals surface area (Å²) in [5.74, 6) is -1.33. The van der Waals surface area contributed by atoms with Crippen LogP contribution in [0, 0.1) is 12.7 Å². The molecule has 0 saturated carbocycles. The highest BCUT2D eigenvalue weighted by Crippen LogP contribution is 2.22. The molecule has 23 heavy (non-hydrogen) atoms. The second kappa shape index (κ2) is 5.34. The van der Waals surface area contributed by atoms with E-state index in [9.17, 15) is 17.6 Å².